The number of unbranched alkanes of at least 4 members (excludes halogenated alkanes) is 5. The maximum absolute atomic E-state index is 5.44. The van der Waals surface area contributed by atoms with Gasteiger partial charge in [-0.2, -0.15) is 0 Å². The van der Waals surface area contributed by atoms with Crippen LogP contribution in [0.25, 0.3) is 0 Å². The van der Waals surface area contributed by atoms with Crippen molar-refractivity contribution in [2.45, 2.75) is 71.8 Å². The third kappa shape index (κ3) is 9.63. The lowest BCUT2D eigenvalue weighted by Crippen LogP contribution is -2.03. The Labute approximate surface area is 89.5 Å². The molecule has 0 aromatic carbocycles. The first-order valence-electron chi connectivity index (χ1n) is 6.07. The lowest BCUT2D eigenvalue weighted by Gasteiger charge is -2.10. The number of hydrogen-bond acceptors (Lipinski definition) is 1. The molecule has 84 valence electrons. The van der Waals surface area contributed by atoms with E-state index in [-0.39, 0.29) is 0 Å². The topological polar surface area (TPSA) is 9.23 Å². The van der Waals surface area contributed by atoms with Crippen molar-refractivity contribution in [3.63, 3.8) is 0 Å². The Morgan fingerprint density at radius 1 is 1.07 bits per heavy atom. The smallest absolute Gasteiger partial charge is 0.0950 e. The highest BCUT2D eigenvalue weighted by atomic mass is 16.5. The van der Waals surface area contributed by atoms with Crippen molar-refractivity contribution in [3.05, 3.63) is 12.3 Å². The summed E-state index contributed by atoms with van der Waals surface area (Å²) >= 11 is 0. The molecule has 1 atom stereocenters. The molecule has 0 saturated heterocycles. The maximum Gasteiger partial charge on any atom is 0.0950 e. The summed E-state index contributed by atoms with van der Waals surface area (Å²) in [5, 5.41) is 0. The van der Waals surface area contributed by atoms with Gasteiger partial charge < -0.3 is 4.74 Å². The summed E-state index contributed by atoms with van der Waals surface area (Å²) in [6.07, 6.45) is 13.5. The van der Waals surface area contributed by atoms with Crippen LogP contribution in [-0.2, 0) is 4.74 Å². The van der Waals surface area contributed by atoms with Gasteiger partial charge in [-0.3, -0.25) is 0 Å². The van der Waals surface area contributed by atoms with Crippen molar-refractivity contribution in [2.75, 3.05) is 0 Å². The monoisotopic (exact) mass is 198 g/mol. The quantitative estimate of drug-likeness (QED) is 0.386. The number of hydrogen-bond donors (Lipinski definition) is 0. The minimum absolute atomic E-state index is 0.386. The van der Waals surface area contributed by atoms with Crippen molar-refractivity contribution in [1.82, 2.24) is 0 Å². The van der Waals surface area contributed by atoms with Crippen LogP contribution in [0.4, 0.5) is 0 Å². The molecule has 0 N–H and O–H groups in total. The molecule has 1 heteroatoms. The molecule has 1 unspecified atom stereocenters. The average Bonchev–Trinajstić information content (AvgIpc) is 2.20. The van der Waals surface area contributed by atoms with Gasteiger partial charge in [-0.1, -0.05) is 45.1 Å². The fourth-order valence-electron chi connectivity index (χ4n) is 1.49. The SMILES string of the molecule is CC=COC(C)CCCCCCCC. The molecule has 0 aromatic rings. The van der Waals surface area contributed by atoms with E-state index in [1.165, 1.54) is 44.9 Å². The predicted molar refractivity (Wildman–Crippen MR) is 63.4 cm³/mol. The van der Waals surface area contributed by atoms with Gasteiger partial charge >= 0.3 is 0 Å². The maximum atomic E-state index is 5.44. The van der Waals surface area contributed by atoms with Crippen molar-refractivity contribution in [1.29, 1.82) is 0 Å². The molecule has 1 nitrogen and oxygen atoms in total. The van der Waals surface area contributed by atoms with Gasteiger partial charge in [-0.05, 0) is 26.7 Å². The van der Waals surface area contributed by atoms with Crippen molar-refractivity contribution in [2.24, 2.45) is 0 Å². The van der Waals surface area contributed by atoms with Gasteiger partial charge in [0.2, 0.25) is 0 Å². The van der Waals surface area contributed by atoms with Crippen LogP contribution in [0.2, 0.25) is 0 Å². The first-order chi connectivity index (χ1) is 6.81. The van der Waals surface area contributed by atoms with E-state index in [1.807, 2.05) is 13.0 Å². The molecule has 0 fully saturated rings. The van der Waals surface area contributed by atoms with Gasteiger partial charge in [0.15, 0.2) is 0 Å². The molecule has 14 heavy (non-hydrogen) atoms. The molecular formula is C13H26O. The Morgan fingerprint density at radius 3 is 2.36 bits per heavy atom. The zero-order valence-electron chi connectivity index (χ0n) is 10.1. The highest BCUT2D eigenvalue weighted by Gasteiger charge is 1.99. The van der Waals surface area contributed by atoms with E-state index in [9.17, 15) is 0 Å². The molecule has 0 amide bonds. The van der Waals surface area contributed by atoms with Crippen LogP contribution >= 0.6 is 0 Å². The summed E-state index contributed by atoms with van der Waals surface area (Å²) < 4.78 is 5.44. The van der Waals surface area contributed by atoms with Crippen LogP contribution in [0.5, 0.6) is 0 Å². The molecule has 0 saturated carbocycles. The highest BCUT2D eigenvalue weighted by Crippen LogP contribution is 2.10. The van der Waals surface area contributed by atoms with Gasteiger partial charge in [0.05, 0.1) is 12.4 Å². The van der Waals surface area contributed by atoms with Crippen LogP contribution in [-0.4, -0.2) is 6.10 Å². The Kier molecular flexibility index (Phi) is 10.3. The number of rotatable bonds is 9. The van der Waals surface area contributed by atoms with Crippen LogP contribution in [0.15, 0.2) is 12.3 Å². The van der Waals surface area contributed by atoms with Crippen LogP contribution in [0, 0.1) is 0 Å². The Hall–Kier alpha value is -0.460. The van der Waals surface area contributed by atoms with Gasteiger partial charge in [0, 0.05) is 0 Å². The zero-order valence-corrected chi connectivity index (χ0v) is 10.1. The first kappa shape index (κ1) is 13.5. The fourth-order valence-corrected chi connectivity index (χ4v) is 1.49. The standard InChI is InChI=1S/C13H26O/c1-4-6-7-8-9-10-11-13(3)14-12-5-2/h5,12-13H,4,6-11H2,1-3H3. The summed E-state index contributed by atoms with van der Waals surface area (Å²) in [5.41, 5.74) is 0. The van der Waals surface area contributed by atoms with Gasteiger partial charge in [-0.15, -0.1) is 0 Å². The van der Waals surface area contributed by atoms with E-state index in [2.05, 4.69) is 13.8 Å². The molecule has 0 aliphatic heterocycles. The van der Waals surface area contributed by atoms with E-state index in [4.69, 9.17) is 4.74 Å². The Balaban J connectivity index is 3.10. The van der Waals surface area contributed by atoms with Gasteiger partial charge in [-0.25, -0.2) is 0 Å². The van der Waals surface area contributed by atoms with Gasteiger partial charge in [0.1, 0.15) is 0 Å². The minimum atomic E-state index is 0.386. The summed E-state index contributed by atoms with van der Waals surface area (Å²) in [6.45, 7) is 6.39. The Bertz CT molecular complexity index is 129. The zero-order chi connectivity index (χ0) is 10.6. The summed E-state index contributed by atoms with van der Waals surface area (Å²) in [5.74, 6) is 0. The number of allylic oxidation sites excluding steroid dienone is 1. The molecule has 0 aliphatic carbocycles. The normalized spacial score (nSPS) is 13.4. The molecular weight excluding hydrogens is 172 g/mol. The third-order valence-electron chi connectivity index (χ3n) is 2.41. The van der Waals surface area contributed by atoms with Crippen LogP contribution in [0.3, 0.4) is 0 Å². The van der Waals surface area contributed by atoms with Crippen molar-refractivity contribution in [3.8, 4) is 0 Å². The van der Waals surface area contributed by atoms with Crippen LogP contribution in [0.1, 0.15) is 65.7 Å². The Morgan fingerprint density at radius 2 is 1.71 bits per heavy atom. The summed E-state index contributed by atoms with van der Waals surface area (Å²) in [4.78, 5) is 0. The molecule has 0 radical (unpaired) electrons. The molecule has 0 aromatic heterocycles. The lowest BCUT2D eigenvalue weighted by atomic mass is 10.1. The highest BCUT2D eigenvalue weighted by molar-refractivity contribution is 4.67. The largest absolute Gasteiger partial charge is 0.499 e. The number of ether oxygens (including phenoxy) is 1. The first-order valence-corrected chi connectivity index (χ1v) is 6.07. The van der Waals surface area contributed by atoms with Gasteiger partial charge in [0.25, 0.3) is 0 Å². The molecule has 0 aliphatic rings. The predicted octanol–water partition coefficient (Wildman–Crippen LogP) is 4.68. The van der Waals surface area contributed by atoms with E-state index >= 15 is 0 Å². The second-order valence-corrected chi connectivity index (χ2v) is 3.97. The molecule has 0 bridgehead atoms. The summed E-state index contributed by atoms with van der Waals surface area (Å²) in [7, 11) is 0. The van der Waals surface area contributed by atoms with Crippen molar-refractivity contribution < 1.29 is 4.74 Å². The second kappa shape index (κ2) is 10.6. The van der Waals surface area contributed by atoms with E-state index in [1.54, 1.807) is 6.26 Å². The molecule has 0 heterocycles. The average molecular weight is 198 g/mol. The third-order valence-corrected chi connectivity index (χ3v) is 2.41. The lowest BCUT2D eigenvalue weighted by molar-refractivity contribution is 0.149. The minimum Gasteiger partial charge on any atom is -0.499 e. The van der Waals surface area contributed by atoms with Crippen molar-refractivity contribution >= 4 is 0 Å². The molecule has 0 spiro atoms. The summed E-state index contributed by atoms with van der Waals surface area (Å²) in [6, 6.07) is 0. The van der Waals surface area contributed by atoms with Crippen LogP contribution < -0.4 is 0 Å². The molecule has 0 rings (SSSR count). The van der Waals surface area contributed by atoms with E-state index in [0.717, 1.165) is 0 Å². The van der Waals surface area contributed by atoms with E-state index in [0.29, 0.717) is 6.10 Å². The van der Waals surface area contributed by atoms with E-state index < -0.39 is 0 Å². The second-order valence-electron chi connectivity index (χ2n) is 3.97. The fraction of sp³-hybridized carbons (Fsp3) is 0.846.